The van der Waals surface area contributed by atoms with Gasteiger partial charge in [0.1, 0.15) is 0 Å². The smallest absolute Gasteiger partial charge is 0.0693 e. The second-order valence-electron chi connectivity index (χ2n) is 5.03. The molecule has 2 nitrogen and oxygen atoms in total. The molecule has 1 heterocycles. The van der Waals surface area contributed by atoms with Crippen LogP contribution in [0.3, 0.4) is 0 Å². The van der Waals surface area contributed by atoms with E-state index in [1.165, 1.54) is 22.6 Å². The molecule has 1 aromatic carbocycles. The van der Waals surface area contributed by atoms with Crippen molar-refractivity contribution in [2.45, 2.75) is 30.6 Å². The fraction of sp³-hybridized carbons (Fsp3) is 0.500. The first kappa shape index (κ1) is 11.0. The summed E-state index contributed by atoms with van der Waals surface area (Å²) in [5, 5.41) is 12.7. The SMILES string of the molecule is N#CC1(Cc2ccc3c(c2)NCCS3)CCC1. The summed E-state index contributed by atoms with van der Waals surface area (Å²) < 4.78 is 0. The van der Waals surface area contributed by atoms with Crippen LogP contribution < -0.4 is 5.32 Å². The van der Waals surface area contributed by atoms with Crippen molar-refractivity contribution in [3.8, 4) is 6.07 Å². The Morgan fingerprint density at radius 3 is 3.00 bits per heavy atom. The van der Waals surface area contributed by atoms with E-state index in [0.29, 0.717) is 0 Å². The molecule has 0 atom stereocenters. The minimum Gasteiger partial charge on any atom is -0.383 e. The minimum atomic E-state index is -0.0595. The van der Waals surface area contributed by atoms with Crippen molar-refractivity contribution in [1.82, 2.24) is 0 Å². The number of nitriles is 1. The van der Waals surface area contributed by atoms with Crippen LogP contribution in [0, 0.1) is 16.7 Å². The number of benzene rings is 1. The van der Waals surface area contributed by atoms with Gasteiger partial charge in [-0.15, -0.1) is 11.8 Å². The Hall–Kier alpha value is -1.14. The van der Waals surface area contributed by atoms with E-state index < -0.39 is 0 Å². The normalized spacial score (nSPS) is 20.6. The van der Waals surface area contributed by atoms with Crippen molar-refractivity contribution in [2.75, 3.05) is 17.6 Å². The van der Waals surface area contributed by atoms with E-state index in [0.717, 1.165) is 31.6 Å². The van der Waals surface area contributed by atoms with Crippen LogP contribution in [-0.2, 0) is 6.42 Å². The lowest BCUT2D eigenvalue weighted by Crippen LogP contribution is -2.29. The van der Waals surface area contributed by atoms with Crippen LogP contribution in [0.2, 0.25) is 0 Å². The Morgan fingerprint density at radius 1 is 1.41 bits per heavy atom. The molecule has 0 spiro atoms. The van der Waals surface area contributed by atoms with E-state index in [1.54, 1.807) is 0 Å². The summed E-state index contributed by atoms with van der Waals surface area (Å²) in [6, 6.07) is 9.14. The molecule has 1 aliphatic carbocycles. The zero-order valence-corrected chi connectivity index (χ0v) is 10.6. The van der Waals surface area contributed by atoms with E-state index >= 15 is 0 Å². The zero-order chi connectivity index (χ0) is 11.7. The van der Waals surface area contributed by atoms with Crippen molar-refractivity contribution in [2.24, 2.45) is 5.41 Å². The highest BCUT2D eigenvalue weighted by Crippen LogP contribution is 2.43. The molecule has 3 heteroatoms. The van der Waals surface area contributed by atoms with Crippen LogP contribution in [0.5, 0.6) is 0 Å². The van der Waals surface area contributed by atoms with Crippen LogP contribution in [0.1, 0.15) is 24.8 Å². The average Bonchev–Trinajstić information content (AvgIpc) is 2.34. The Kier molecular flexibility index (Phi) is 2.76. The maximum absolute atomic E-state index is 9.27. The molecule has 88 valence electrons. The molecule has 0 aromatic heterocycles. The minimum absolute atomic E-state index is 0.0595. The van der Waals surface area contributed by atoms with Gasteiger partial charge >= 0.3 is 0 Å². The maximum Gasteiger partial charge on any atom is 0.0693 e. The molecule has 1 fully saturated rings. The van der Waals surface area contributed by atoms with Gasteiger partial charge in [-0.2, -0.15) is 5.26 Å². The number of thioether (sulfide) groups is 1. The van der Waals surface area contributed by atoms with E-state index in [-0.39, 0.29) is 5.41 Å². The quantitative estimate of drug-likeness (QED) is 0.865. The van der Waals surface area contributed by atoms with Crippen LogP contribution in [0.4, 0.5) is 5.69 Å². The highest BCUT2D eigenvalue weighted by molar-refractivity contribution is 7.99. The van der Waals surface area contributed by atoms with Gasteiger partial charge in [0.05, 0.1) is 11.5 Å². The Balaban J connectivity index is 1.82. The number of nitrogens with one attached hydrogen (secondary N) is 1. The average molecular weight is 244 g/mol. The summed E-state index contributed by atoms with van der Waals surface area (Å²) >= 11 is 1.91. The predicted molar refractivity (Wildman–Crippen MR) is 71.3 cm³/mol. The number of nitrogens with zero attached hydrogens (tertiary/aromatic N) is 1. The lowest BCUT2D eigenvalue weighted by atomic mass is 9.66. The van der Waals surface area contributed by atoms with Gasteiger partial charge in [0, 0.05) is 22.9 Å². The van der Waals surface area contributed by atoms with Crippen LogP contribution >= 0.6 is 11.8 Å². The molecular weight excluding hydrogens is 228 g/mol. The number of hydrogen-bond donors (Lipinski definition) is 1. The fourth-order valence-corrected chi connectivity index (χ4v) is 3.50. The first-order valence-corrected chi connectivity index (χ1v) is 7.21. The van der Waals surface area contributed by atoms with Gasteiger partial charge in [-0.3, -0.25) is 0 Å². The Labute approximate surface area is 106 Å². The number of fused-ring (bicyclic) bond motifs is 1. The first-order chi connectivity index (χ1) is 8.31. The lowest BCUT2D eigenvalue weighted by Gasteiger charge is -2.35. The van der Waals surface area contributed by atoms with Crippen molar-refractivity contribution in [1.29, 1.82) is 5.26 Å². The molecule has 1 aliphatic heterocycles. The number of rotatable bonds is 2. The van der Waals surface area contributed by atoms with E-state index in [2.05, 4.69) is 29.6 Å². The van der Waals surface area contributed by atoms with Gasteiger partial charge in [0.25, 0.3) is 0 Å². The maximum atomic E-state index is 9.27. The molecule has 0 saturated heterocycles. The zero-order valence-electron chi connectivity index (χ0n) is 9.83. The largest absolute Gasteiger partial charge is 0.383 e. The van der Waals surface area contributed by atoms with Gasteiger partial charge in [-0.05, 0) is 37.0 Å². The molecule has 17 heavy (non-hydrogen) atoms. The predicted octanol–water partition coefficient (Wildman–Crippen LogP) is 3.44. The summed E-state index contributed by atoms with van der Waals surface area (Å²) in [6.07, 6.45) is 4.28. The van der Waals surface area contributed by atoms with E-state index in [9.17, 15) is 5.26 Å². The summed E-state index contributed by atoms with van der Waals surface area (Å²) in [4.78, 5) is 1.35. The summed E-state index contributed by atoms with van der Waals surface area (Å²) in [7, 11) is 0. The molecule has 0 radical (unpaired) electrons. The highest BCUT2D eigenvalue weighted by Gasteiger charge is 2.37. The second-order valence-corrected chi connectivity index (χ2v) is 6.16. The van der Waals surface area contributed by atoms with E-state index in [1.807, 2.05) is 11.8 Å². The van der Waals surface area contributed by atoms with Crippen molar-refractivity contribution >= 4 is 17.4 Å². The van der Waals surface area contributed by atoms with Crippen molar-refractivity contribution in [3.05, 3.63) is 23.8 Å². The third-order valence-electron chi connectivity index (χ3n) is 3.81. The van der Waals surface area contributed by atoms with Gasteiger partial charge in [-0.25, -0.2) is 0 Å². The number of anilines is 1. The van der Waals surface area contributed by atoms with Crippen molar-refractivity contribution < 1.29 is 0 Å². The second kappa shape index (κ2) is 4.27. The number of hydrogen-bond acceptors (Lipinski definition) is 3. The van der Waals surface area contributed by atoms with Gasteiger partial charge in [0.15, 0.2) is 0 Å². The summed E-state index contributed by atoms with van der Waals surface area (Å²) in [5.41, 5.74) is 2.50. The Bertz CT molecular complexity index is 472. The van der Waals surface area contributed by atoms with Crippen LogP contribution in [0.15, 0.2) is 23.1 Å². The molecule has 1 N–H and O–H groups in total. The summed E-state index contributed by atoms with van der Waals surface area (Å²) in [5.74, 6) is 1.15. The molecular formula is C14H16N2S. The van der Waals surface area contributed by atoms with Crippen LogP contribution in [0.25, 0.3) is 0 Å². The highest BCUT2D eigenvalue weighted by atomic mass is 32.2. The summed E-state index contributed by atoms with van der Waals surface area (Å²) in [6.45, 7) is 1.05. The van der Waals surface area contributed by atoms with Gasteiger partial charge < -0.3 is 5.32 Å². The van der Waals surface area contributed by atoms with Gasteiger partial charge in [-0.1, -0.05) is 12.5 Å². The molecule has 0 bridgehead atoms. The standard InChI is InChI=1S/C14H16N2S/c15-10-14(4-1-5-14)9-11-2-3-13-12(8-11)16-6-7-17-13/h2-3,8,16H,1,4-7,9H2. The first-order valence-electron chi connectivity index (χ1n) is 6.22. The molecule has 0 amide bonds. The molecule has 1 saturated carbocycles. The van der Waals surface area contributed by atoms with Crippen molar-refractivity contribution in [3.63, 3.8) is 0 Å². The molecule has 1 aromatic rings. The van der Waals surface area contributed by atoms with E-state index in [4.69, 9.17) is 0 Å². The molecule has 0 unspecified atom stereocenters. The van der Waals surface area contributed by atoms with Gasteiger partial charge in [0.2, 0.25) is 0 Å². The topological polar surface area (TPSA) is 35.8 Å². The van der Waals surface area contributed by atoms with Crippen LogP contribution in [-0.4, -0.2) is 12.3 Å². The third-order valence-corrected chi connectivity index (χ3v) is 4.88. The Morgan fingerprint density at radius 2 is 2.29 bits per heavy atom. The fourth-order valence-electron chi connectivity index (χ4n) is 2.62. The third kappa shape index (κ3) is 2.02. The molecule has 3 rings (SSSR count). The lowest BCUT2D eigenvalue weighted by molar-refractivity contribution is 0.214. The monoisotopic (exact) mass is 244 g/mol. The molecule has 2 aliphatic rings.